The number of sulfone groups is 2. The molecule has 6 aromatic heterocycles. The Hall–Kier alpha value is -7.54. The Kier molecular flexibility index (Phi) is 14.2. The summed E-state index contributed by atoms with van der Waals surface area (Å²) in [6.45, 7) is 5.17. The summed E-state index contributed by atoms with van der Waals surface area (Å²) in [5.74, 6) is -6.69. The maximum absolute atomic E-state index is 15.5. The minimum atomic E-state index is -3.71. The molecule has 2 aliphatic heterocycles. The Labute approximate surface area is 454 Å². The molecule has 2 fully saturated rings. The second-order valence-corrected chi connectivity index (χ2v) is 24.4. The van der Waals surface area contributed by atoms with Crippen molar-refractivity contribution >= 4 is 63.5 Å². The first kappa shape index (κ1) is 54.4. The van der Waals surface area contributed by atoms with Gasteiger partial charge in [0.1, 0.15) is 34.9 Å². The highest BCUT2D eigenvalue weighted by Gasteiger charge is 2.38. The van der Waals surface area contributed by atoms with Gasteiger partial charge in [-0.25, -0.2) is 52.5 Å². The van der Waals surface area contributed by atoms with Crippen LogP contribution < -0.4 is 0 Å². The standard InChI is InChI=1S/2C28H26F3N5O3S/c2*1-15-27(35(2)34-33-15)17-11-22-26(32-14-17)25-21(5-4-6-23(25)40(3,37)38)36(22)28(16-7-9-39-10-8-16)24-19(30)12-18(29)13-20(24)31/h2*4-6,11-14,16,28H,7-10H2,1-3H3. The molecule has 0 N–H and O–H groups in total. The zero-order chi connectivity index (χ0) is 56.7. The number of pyridine rings is 2. The van der Waals surface area contributed by atoms with Crippen LogP contribution in [0.1, 0.15) is 60.3 Å². The Morgan fingerprint density at radius 2 is 0.875 bits per heavy atom. The molecule has 10 aromatic rings. The van der Waals surface area contributed by atoms with Crippen LogP contribution in [0.2, 0.25) is 0 Å². The zero-order valence-corrected chi connectivity index (χ0v) is 45.7. The summed E-state index contributed by atoms with van der Waals surface area (Å²) in [4.78, 5) is 9.50. The van der Waals surface area contributed by atoms with Gasteiger partial charge in [0, 0.05) is 123 Å². The molecule has 416 valence electrons. The fraction of sp³-hybridized carbons (Fsp3) is 0.321. The average Bonchev–Trinajstić information content (AvgIpc) is 4.32. The van der Waals surface area contributed by atoms with Gasteiger partial charge in [0.05, 0.1) is 77.8 Å². The lowest BCUT2D eigenvalue weighted by atomic mass is 9.86. The second kappa shape index (κ2) is 20.8. The van der Waals surface area contributed by atoms with Gasteiger partial charge in [0.15, 0.2) is 19.7 Å². The Morgan fingerprint density at radius 3 is 1.19 bits per heavy atom. The van der Waals surface area contributed by atoms with Gasteiger partial charge in [-0.15, -0.1) is 10.2 Å². The van der Waals surface area contributed by atoms with Gasteiger partial charge in [-0.05, 0) is 87.8 Å². The van der Waals surface area contributed by atoms with Crippen LogP contribution in [0.5, 0.6) is 0 Å². The van der Waals surface area contributed by atoms with E-state index in [1.807, 2.05) is 12.1 Å². The van der Waals surface area contributed by atoms with E-state index in [4.69, 9.17) is 19.4 Å². The van der Waals surface area contributed by atoms with Gasteiger partial charge >= 0.3 is 0 Å². The van der Waals surface area contributed by atoms with E-state index in [1.165, 1.54) is 12.1 Å². The minimum absolute atomic E-state index is 0.0539. The largest absolute Gasteiger partial charge is 0.381 e. The number of aromatic nitrogens is 10. The molecule has 0 amide bonds. The average molecular weight is 1140 g/mol. The van der Waals surface area contributed by atoms with Gasteiger partial charge < -0.3 is 18.6 Å². The molecule has 0 saturated carbocycles. The molecule has 2 atom stereocenters. The first-order valence-corrected chi connectivity index (χ1v) is 29.3. The van der Waals surface area contributed by atoms with Crippen LogP contribution in [0.25, 0.3) is 66.4 Å². The maximum atomic E-state index is 15.5. The summed E-state index contributed by atoms with van der Waals surface area (Å²) < 4.78 is 160. The Morgan fingerprint density at radius 1 is 0.525 bits per heavy atom. The van der Waals surface area contributed by atoms with E-state index in [2.05, 4.69) is 20.6 Å². The summed E-state index contributed by atoms with van der Waals surface area (Å²) in [5, 5.41) is 17.1. The molecule has 8 heterocycles. The van der Waals surface area contributed by atoms with Crippen LogP contribution in [-0.2, 0) is 43.2 Å². The number of hydrogen-bond acceptors (Lipinski definition) is 12. The van der Waals surface area contributed by atoms with Gasteiger partial charge in [0.25, 0.3) is 0 Å². The quantitative estimate of drug-likeness (QED) is 0.118. The van der Waals surface area contributed by atoms with Crippen LogP contribution in [0.3, 0.4) is 0 Å². The maximum Gasteiger partial charge on any atom is 0.176 e. The van der Waals surface area contributed by atoms with Crippen LogP contribution >= 0.6 is 0 Å². The molecular weight excluding hydrogens is 1090 g/mol. The molecule has 0 bridgehead atoms. The molecule has 0 aliphatic carbocycles. The fourth-order valence-electron chi connectivity index (χ4n) is 11.9. The molecule has 2 unspecified atom stereocenters. The SMILES string of the molecule is Cc1nnn(C)c1-c1cnc2c3c(S(C)(=O)=O)cccc3n(C(c3c(F)cc(F)cc3F)C3CCOCC3)c2c1.Cc1nnn(C)c1-c1cnc2c3c(S(C)(=O)=O)cccc3n(C(c3c(F)cc(F)cc3F)C3CCOCC3)c2c1. The molecule has 80 heavy (non-hydrogen) atoms. The minimum Gasteiger partial charge on any atom is -0.381 e. The number of fused-ring (bicyclic) bond motifs is 6. The molecule has 24 heteroatoms. The van der Waals surface area contributed by atoms with E-state index < -0.39 is 66.7 Å². The molecule has 0 spiro atoms. The summed E-state index contributed by atoms with van der Waals surface area (Å²) in [6, 6.07) is 14.1. The van der Waals surface area contributed by atoms with Gasteiger partial charge in [-0.1, -0.05) is 22.6 Å². The summed E-state index contributed by atoms with van der Waals surface area (Å²) in [7, 11) is -3.93. The van der Waals surface area contributed by atoms with Gasteiger partial charge in [-0.2, -0.15) is 0 Å². The normalized spacial score (nSPS) is 15.8. The van der Waals surface area contributed by atoms with Crippen molar-refractivity contribution in [3.8, 4) is 22.5 Å². The highest BCUT2D eigenvalue weighted by atomic mass is 32.2. The van der Waals surface area contributed by atoms with E-state index in [1.54, 1.807) is 83.1 Å². The van der Waals surface area contributed by atoms with Crippen LogP contribution in [0.4, 0.5) is 26.3 Å². The third-order valence-electron chi connectivity index (χ3n) is 15.3. The fourth-order valence-corrected chi connectivity index (χ4v) is 13.7. The third kappa shape index (κ3) is 9.57. The lowest BCUT2D eigenvalue weighted by Crippen LogP contribution is -2.28. The smallest absolute Gasteiger partial charge is 0.176 e. The molecule has 2 saturated heterocycles. The molecule has 16 nitrogen and oxygen atoms in total. The highest BCUT2D eigenvalue weighted by molar-refractivity contribution is 7.91. The predicted molar refractivity (Wildman–Crippen MR) is 286 cm³/mol. The molecule has 0 radical (unpaired) electrons. The number of benzene rings is 4. The van der Waals surface area contributed by atoms with Crippen molar-refractivity contribution in [2.24, 2.45) is 25.9 Å². The van der Waals surface area contributed by atoms with Gasteiger partial charge in [0.2, 0.25) is 0 Å². The van der Waals surface area contributed by atoms with Crippen molar-refractivity contribution < 1.29 is 52.7 Å². The van der Waals surface area contributed by atoms with Crippen molar-refractivity contribution in [1.82, 2.24) is 49.1 Å². The molecule has 2 aliphatic rings. The first-order valence-electron chi connectivity index (χ1n) is 25.5. The number of rotatable bonds is 10. The van der Waals surface area contributed by atoms with E-state index in [9.17, 15) is 25.6 Å². The van der Waals surface area contributed by atoms with E-state index >= 15 is 17.6 Å². The van der Waals surface area contributed by atoms with E-state index in [-0.39, 0.29) is 32.8 Å². The van der Waals surface area contributed by atoms with Crippen molar-refractivity contribution in [2.75, 3.05) is 38.9 Å². The first-order chi connectivity index (χ1) is 38.1. The van der Waals surface area contributed by atoms with Crippen molar-refractivity contribution in [3.63, 3.8) is 0 Å². The Balaban J connectivity index is 0.000000169. The van der Waals surface area contributed by atoms with Crippen LogP contribution in [0, 0.1) is 60.6 Å². The number of halogens is 6. The number of ether oxygens (including phenoxy) is 2. The predicted octanol–water partition coefficient (Wildman–Crippen LogP) is 10.3. The van der Waals surface area contributed by atoms with Gasteiger partial charge in [-0.3, -0.25) is 9.97 Å². The number of aryl methyl sites for hydroxylation is 4. The van der Waals surface area contributed by atoms with Crippen molar-refractivity contribution in [1.29, 1.82) is 0 Å². The molecular formula is C56H52F6N10O6S2. The second-order valence-electron chi connectivity index (χ2n) is 20.4. The monoisotopic (exact) mass is 1140 g/mol. The number of hydrogen-bond donors (Lipinski definition) is 0. The summed E-state index contributed by atoms with van der Waals surface area (Å²) >= 11 is 0. The van der Waals surface area contributed by atoms with E-state index in [0.29, 0.717) is 154 Å². The molecule has 12 rings (SSSR count). The topological polar surface area (TPSA) is 184 Å². The lowest BCUT2D eigenvalue weighted by molar-refractivity contribution is 0.0542. The lowest BCUT2D eigenvalue weighted by Gasteiger charge is -2.33. The van der Waals surface area contributed by atoms with Crippen LogP contribution in [-0.4, -0.2) is 105 Å². The van der Waals surface area contributed by atoms with Crippen LogP contribution in [0.15, 0.2) is 95.0 Å². The van der Waals surface area contributed by atoms with E-state index in [0.717, 1.165) is 12.5 Å². The van der Waals surface area contributed by atoms with Crippen molar-refractivity contribution in [2.45, 2.75) is 61.4 Å². The Bertz CT molecular complexity index is 3980. The highest BCUT2D eigenvalue weighted by Crippen LogP contribution is 2.46. The third-order valence-corrected chi connectivity index (χ3v) is 17.5. The summed E-state index contributed by atoms with van der Waals surface area (Å²) in [6.07, 6.45) is 7.41. The number of nitrogens with zero attached hydrogens (tertiary/aromatic N) is 10. The molecule has 4 aromatic carbocycles. The zero-order valence-electron chi connectivity index (χ0n) is 44.1. The summed E-state index contributed by atoms with van der Waals surface area (Å²) in [5.41, 5.74) is 5.98. The van der Waals surface area contributed by atoms with Crippen molar-refractivity contribution in [3.05, 3.63) is 143 Å².